The number of hydrogen-bond acceptors (Lipinski definition) is 4. The molecule has 0 aliphatic heterocycles. The first kappa shape index (κ1) is 23.5. The second-order valence-electron chi connectivity index (χ2n) is 8.26. The molecule has 1 aliphatic carbocycles. The van der Waals surface area contributed by atoms with Gasteiger partial charge in [-0.15, -0.1) is 11.3 Å². The number of thiophene rings is 1. The van der Waals surface area contributed by atoms with E-state index in [0.29, 0.717) is 12.2 Å². The molecule has 1 aromatic heterocycles. The van der Waals surface area contributed by atoms with Crippen LogP contribution in [0.25, 0.3) is 0 Å². The predicted molar refractivity (Wildman–Crippen MR) is 142 cm³/mol. The van der Waals surface area contributed by atoms with Crippen molar-refractivity contribution < 1.29 is 9.53 Å². The third-order valence-electron chi connectivity index (χ3n) is 5.51. The van der Waals surface area contributed by atoms with E-state index in [1.54, 1.807) is 23.6 Å². The number of anilines is 1. The van der Waals surface area contributed by atoms with Crippen molar-refractivity contribution in [2.75, 3.05) is 11.9 Å². The maximum atomic E-state index is 13.4. The van der Waals surface area contributed by atoms with Crippen molar-refractivity contribution in [2.45, 2.75) is 39.5 Å². The highest BCUT2D eigenvalue weighted by Crippen LogP contribution is 2.40. The van der Waals surface area contributed by atoms with Crippen molar-refractivity contribution in [3.05, 3.63) is 86.2 Å². The molecule has 33 heavy (non-hydrogen) atoms. The maximum Gasteiger partial charge on any atom is 0.259 e. The fraction of sp³-hybridized carbons (Fsp3) is 0.259. The number of nitrogens with one attached hydrogen (secondary N) is 1. The average molecular weight is 523 g/mol. The van der Waals surface area contributed by atoms with Crippen molar-refractivity contribution >= 4 is 50.1 Å². The number of ether oxygens (including phenoxy) is 1. The van der Waals surface area contributed by atoms with Gasteiger partial charge in [-0.1, -0.05) is 34.7 Å². The summed E-state index contributed by atoms with van der Waals surface area (Å²) < 4.78 is 6.72. The van der Waals surface area contributed by atoms with Gasteiger partial charge >= 0.3 is 0 Å². The monoisotopic (exact) mass is 522 g/mol. The zero-order valence-corrected chi connectivity index (χ0v) is 21.3. The molecule has 3 aromatic rings. The lowest BCUT2D eigenvalue weighted by molar-refractivity contribution is 0.102. The van der Waals surface area contributed by atoms with E-state index in [9.17, 15) is 4.79 Å². The molecule has 0 saturated carbocycles. The summed E-state index contributed by atoms with van der Waals surface area (Å²) >= 11 is 5.15. The van der Waals surface area contributed by atoms with Gasteiger partial charge in [-0.05, 0) is 86.6 Å². The Morgan fingerprint density at radius 2 is 1.94 bits per heavy atom. The number of halogens is 1. The lowest BCUT2D eigenvalue weighted by atomic mass is 9.95. The highest BCUT2D eigenvalue weighted by molar-refractivity contribution is 9.10. The van der Waals surface area contributed by atoms with Crippen LogP contribution in [0.15, 0.2) is 58.5 Å². The highest BCUT2D eigenvalue weighted by Gasteiger charge is 2.25. The zero-order valence-electron chi connectivity index (χ0n) is 18.9. The number of aryl methyl sites for hydroxylation is 3. The lowest BCUT2D eigenvalue weighted by Crippen LogP contribution is -2.15. The van der Waals surface area contributed by atoms with Crippen LogP contribution >= 0.6 is 27.3 Å². The topological polar surface area (TPSA) is 50.7 Å². The number of amides is 1. The molecule has 170 valence electrons. The van der Waals surface area contributed by atoms with E-state index in [2.05, 4.69) is 33.9 Å². The van der Waals surface area contributed by atoms with Crippen LogP contribution in [0.5, 0.6) is 5.75 Å². The third-order valence-corrected chi connectivity index (χ3v) is 7.20. The lowest BCUT2D eigenvalue weighted by Gasteiger charge is -2.13. The van der Waals surface area contributed by atoms with Gasteiger partial charge in [-0.25, -0.2) is 4.99 Å². The van der Waals surface area contributed by atoms with Crippen LogP contribution in [0.4, 0.5) is 10.7 Å². The number of carbonyl (C=O) groups excluding carboxylic acids is 1. The molecule has 1 aliphatic rings. The Labute approximate surface area is 207 Å². The van der Waals surface area contributed by atoms with Crippen LogP contribution in [-0.4, -0.2) is 18.7 Å². The molecule has 2 aromatic carbocycles. The average Bonchev–Trinajstić information content (AvgIpc) is 3.15. The number of hydrogen-bond donors (Lipinski definition) is 1. The summed E-state index contributed by atoms with van der Waals surface area (Å²) in [5, 5.41) is 3.86. The molecular formula is C27H27BrN2O2S. The van der Waals surface area contributed by atoms with Crippen LogP contribution < -0.4 is 10.1 Å². The molecular weight excluding hydrogens is 496 g/mol. The first-order valence-electron chi connectivity index (χ1n) is 11.1. The van der Waals surface area contributed by atoms with Crippen LogP contribution in [0.2, 0.25) is 0 Å². The standard InChI is InChI=1S/C27H27BrN2O2S/c1-4-11-32-23-10-9-20(28)15-19(23)16-29-27-25(22-7-5-6-8-24(22)33-27)26(31)30-21-13-17(2)12-18(3)14-21/h4,9-10,12-16H,1,5-8,11H2,2-3H3,(H,30,31). The minimum Gasteiger partial charge on any atom is -0.489 e. The van der Waals surface area contributed by atoms with Crippen LogP contribution in [0.1, 0.15) is 50.3 Å². The van der Waals surface area contributed by atoms with Crippen molar-refractivity contribution in [3.8, 4) is 5.75 Å². The molecule has 4 nitrogen and oxygen atoms in total. The molecule has 1 N–H and O–H groups in total. The van der Waals surface area contributed by atoms with Crippen LogP contribution in [-0.2, 0) is 12.8 Å². The van der Waals surface area contributed by atoms with Gasteiger partial charge in [0, 0.05) is 26.8 Å². The van der Waals surface area contributed by atoms with Crippen LogP contribution in [0.3, 0.4) is 0 Å². The Bertz CT molecular complexity index is 1210. The minimum absolute atomic E-state index is 0.0936. The van der Waals surface area contributed by atoms with E-state index < -0.39 is 0 Å². The van der Waals surface area contributed by atoms with Gasteiger partial charge < -0.3 is 10.1 Å². The molecule has 6 heteroatoms. The van der Waals surface area contributed by atoms with Crippen molar-refractivity contribution in [3.63, 3.8) is 0 Å². The second kappa shape index (κ2) is 10.5. The summed E-state index contributed by atoms with van der Waals surface area (Å²) in [5.41, 5.74) is 5.76. The smallest absolute Gasteiger partial charge is 0.259 e. The number of fused-ring (bicyclic) bond motifs is 1. The summed E-state index contributed by atoms with van der Waals surface area (Å²) in [4.78, 5) is 19.5. The van der Waals surface area contributed by atoms with Crippen molar-refractivity contribution in [1.29, 1.82) is 0 Å². The highest BCUT2D eigenvalue weighted by atomic mass is 79.9. The van der Waals surface area contributed by atoms with Gasteiger partial charge in [0.15, 0.2) is 0 Å². The SMILES string of the molecule is C=CCOc1ccc(Br)cc1C=Nc1sc2c(c1C(=O)Nc1cc(C)cc(C)c1)CCCC2. The summed E-state index contributed by atoms with van der Waals surface area (Å²) in [6.45, 7) is 8.21. The van der Waals surface area contributed by atoms with Gasteiger partial charge in [0.05, 0.1) is 5.56 Å². The first-order valence-corrected chi connectivity index (χ1v) is 12.7. The Hall–Kier alpha value is -2.70. The van der Waals surface area contributed by atoms with Gasteiger partial charge in [-0.2, -0.15) is 0 Å². The molecule has 0 unspecified atom stereocenters. The molecule has 0 saturated heterocycles. The number of carbonyl (C=O) groups is 1. The largest absolute Gasteiger partial charge is 0.489 e. The summed E-state index contributed by atoms with van der Waals surface area (Å²) in [7, 11) is 0. The van der Waals surface area contributed by atoms with Gasteiger partial charge in [0.25, 0.3) is 5.91 Å². The van der Waals surface area contributed by atoms with E-state index in [4.69, 9.17) is 9.73 Å². The summed E-state index contributed by atoms with van der Waals surface area (Å²) in [6, 6.07) is 11.9. The summed E-state index contributed by atoms with van der Waals surface area (Å²) in [6.07, 6.45) is 7.67. The zero-order chi connectivity index (χ0) is 23.4. The number of benzene rings is 2. The molecule has 0 atom stereocenters. The Morgan fingerprint density at radius 1 is 1.18 bits per heavy atom. The summed E-state index contributed by atoms with van der Waals surface area (Å²) in [5.74, 6) is 0.633. The molecule has 0 spiro atoms. The van der Waals surface area contributed by atoms with Crippen molar-refractivity contribution in [2.24, 2.45) is 4.99 Å². The van der Waals surface area contributed by atoms with E-state index >= 15 is 0 Å². The number of nitrogens with zero attached hydrogens (tertiary/aromatic N) is 1. The first-order chi connectivity index (χ1) is 15.9. The molecule has 0 radical (unpaired) electrons. The van der Waals surface area contributed by atoms with Gasteiger partial charge in [0.1, 0.15) is 17.4 Å². The van der Waals surface area contributed by atoms with Crippen molar-refractivity contribution in [1.82, 2.24) is 0 Å². The van der Waals surface area contributed by atoms with E-state index in [1.165, 1.54) is 4.88 Å². The van der Waals surface area contributed by atoms with E-state index in [0.717, 1.165) is 68.8 Å². The molecule has 1 heterocycles. The quantitative estimate of drug-likeness (QED) is 0.257. The van der Waals surface area contributed by atoms with Gasteiger partial charge in [-0.3, -0.25) is 4.79 Å². The predicted octanol–water partition coefficient (Wildman–Crippen LogP) is 7.57. The molecule has 1 amide bonds. The van der Waals surface area contributed by atoms with Crippen LogP contribution in [0, 0.1) is 13.8 Å². The second-order valence-corrected chi connectivity index (χ2v) is 10.3. The number of aliphatic imine (C=N–C) groups is 1. The fourth-order valence-electron chi connectivity index (χ4n) is 4.15. The molecule has 4 rings (SSSR count). The number of rotatable bonds is 7. The normalized spacial score (nSPS) is 13.1. The van der Waals surface area contributed by atoms with Gasteiger partial charge in [0.2, 0.25) is 0 Å². The minimum atomic E-state index is -0.0936. The third kappa shape index (κ3) is 5.63. The molecule has 0 bridgehead atoms. The van der Waals surface area contributed by atoms with E-state index in [1.807, 2.05) is 44.2 Å². The van der Waals surface area contributed by atoms with E-state index in [-0.39, 0.29) is 5.91 Å². The Morgan fingerprint density at radius 3 is 2.70 bits per heavy atom. The maximum absolute atomic E-state index is 13.4. The Kier molecular flexibility index (Phi) is 7.46. The molecule has 0 fully saturated rings. The Balaban J connectivity index is 1.70. The fourth-order valence-corrected chi connectivity index (χ4v) is 5.75.